The molecule has 0 aromatic carbocycles. The Morgan fingerprint density at radius 1 is 1.42 bits per heavy atom. The molecular weight excluding hydrogens is 244 g/mol. The van der Waals surface area contributed by atoms with Gasteiger partial charge in [0.2, 0.25) is 5.91 Å². The third kappa shape index (κ3) is 5.57. The SMILES string of the molecule is CC(C)NC(=O)NC(=O)CN1CCC(C)C(CN)C1. The minimum absolute atomic E-state index is 0.0188. The number of carbonyl (C=O) groups is 2. The number of carbonyl (C=O) groups excluding carboxylic acids is 2. The van der Waals surface area contributed by atoms with Crippen molar-refractivity contribution in [2.24, 2.45) is 17.6 Å². The first-order chi connectivity index (χ1) is 8.92. The number of piperidine rings is 1. The summed E-state index contributed by atoms with van der Waals surface area (Å²) in [5.74, 6) is 0.781. The zero-order valence-electron chi connectivity index (χ0n) is 12.1. The van der Waals surface area contributed by atoms with Gasteiger partial charge >= 0.3 is 6.03 Å². The molecule has 1 rings (SSSR count). The quantitative estimate of drug-likeness (QED) is 0.678. The molecule has 0 aliphatic carbocycles. The van der Waals surface area contributed by atoms with Crippen molar-refractivity contribution in [3.05, 3.63) is 0 Å². The van der Waals surface area contributed by atoms with Crippen LogP contribution in [0.3, 0.4) is 0 Å². The fourth-order valence-electron chi connectivity index (χ4n) is 2.34. The van der Waals surface area contributed by atoms with Crippen molar-refractivity contribution in [3.8, 4) is 0 Å². The number of nitrogens with two attached hydrogens (primary N) is 1. The minimum atomic E-state index is -0.430. The van der Waals surface area contributed by atoms with Crippen molar-refractivity contribution in [2.45, 2.75) is 33.2 Å². The van der Waals surface area contributed by atoms with Gasteiger partial charge < -0.3 is 11.1 Å². The third-order valence-electron chi connectivity index (χ3n) is 3.54. The number of nitrogens with one attached hydrogen (secondary N) is 2. The first-order valence-electron chi connectivity index (χ1n) is 6.95. The Bertz CT molecular complexity index is 320. The van der Waals surface area contributed by atoms with Gasteiger partial charge in [-0.15, -0.1) is 0 Å². The Labute approximate surface area is 115 Å². The summed E-state index contributed by atoms with van der Waals surface area (Å²) < 4.78 is 0. The van der Waals surface area contributed by atoms with Crippen molar-refractivity contribution in [1.29, 1.82) is 0 Å². The van der Waals surface area contributed by atoms with Crippen LogP contribution < -0.4 is 16.4 Å². The highest BCUT2D eigenvalue weighted by Gasteiger charge is 2.26. The number of amides is 3. The van der Waals surface area contributed by atoms with Crippen molar-refractivity contribution < 1.29 is 9.59 Å². The Morgan fingerprint density at radius 2 is 2.11 bits per heavy atom. The first-order valence-corrected chi connectivity index (χ1v) is 6.95. The van der Waals surface area contributed by atoms with Crippen LogP contribution >= 0.6 is 0 Å². The summed E-state index contributed by atoms with van der Waals surface area (Å²) in [5.41, 5.74) is 5.73. The van der Waals surface area contributed by atoms with Crippen LogP contribution in [0.2, 0.25) is 0 Å². The van der Waals surface area contributed by atoms with Gasteiger partial charge in [0.05, 0.1) is 6.54 Å². The average Bonchev–Trinajstić information content (AvgIpc) is 2.30. The number of hydrogen-bond acceptors (Lipinski definition) is 4. The molecule has 2 atom stereocenters. The van der Waals surface area contributed by atoms with Gasteiger partial charge in [0.1, 0.15) is 0 Å². The van der Waals surface area contributed by atoms with E-state index < -0.39 is 6.03 Å². The zero-order chi connectivity index (χ0) is 14.4. The highest BCUT2D eigenvalue weighted by atomic mass is 16.2. The lowest BCUT2D eigenvalue weighted by molar-refractivity contribution is -0.121. The van der Waals surface area contributed by atoms with E-state index in [0.717, 1.165) is 19.5 Å². The van der Waals surface area contributed by atoms with E-state index >= 15 is 0 Å². The lowest BCUT2D eigenvalue weighted by Crippen LogP contribution is -2.49. The van der Waals surface area contributed by atoms with Gasteiger partial charge in [0, 0.05) is 12.6 Å². The Kier molecular flexibility index (Phi) is 6.24. The molecule has 110 valence electrons. The fraction of sp³-hybridized carbons (Fsp3) is 0.846. The van der Waals surface area contributed by atoms with Crippen LogP contribution in [-0.2, 0) is 4.79 Å². The number of hydrogen-bond donors (Lipinski definition) is 3. The molecule has 1 aliphatic rings. The van der Waals surface area contributed by atoms with Crippen LogP contribution in [-0.4, -0.2) is 49.1 Å². The number of nitrogens with zero attached hydrogens (tertiary/aromatic N) is 1. The van der Waals surface area contributed by atoms with Gasteiger partial charge in [0.15, 0.2) is 0 Å². The Balaban J connectivity index is 2.34. The Morgan fingerprint density at radius 3 is 2.68 bits per heavy atom. The molecule has 0 bridgehead atoms. The summed E-state index contributed by atoms with van der Waals surface area (Å²) in [5, 5.41) is 4.97. The summed E-state index contributed by atoms with van der Waals surface area (Å²) in [7, 11) is 0. The molecule has 1 heterocycles. The molecule has 3 amide bonds. The molecule has 1 fully saturated rings. The molecule has 0 saturated carbocycles. The highest BCUT2D eigenvalue weighted by Crippen LogP contribution is 2.21. The van der Waals surface area contributed by atoms with Crippen LogP contribution in [0.15, 0.2) is 0 Å². The summed E-state index contributed by atoms with van der Waals surface area (Å²) in [6, 6.07) is -0.411. The molecule has 6 heteroatoms. The molecule has 0 aromatic rings. The zero-order valence-corrected chi connectivity index (χ0v) is 12.1. The number of rotatable bonds is 4. The summed E-state index contributed by atoms with van der Waals surface area (Å²) in [4.78, 5) is 25.2. The molecule has 4 N–H and O–H groups in total. The largest absolute Gasteiger partial charge is 0.336 e. The van der Waals surface area contributed by atoms with Crippen molar-refractivity contribution in [1.82, 2.24) is 15.5 Å². The van der Waals surface area contributed by atoms with Gasteiger partial charge in [0.25, 0.3) is 0 Å². The predicted octanol–water partition coefficient (Wildman–Crippen LogP) is 0.137. The highest BCUT2D eigenvalue weighted by molar-refractivity contribution is 5.95. The lowest BCUT2D eigenvalue weighted by atomic mass is 9.87. The molecule has 6 nitrogen and oxygen atoms in total. The first kappa shape index (κ1) is 15.9. The summed E-state index contributed by atoms with van der Waals surface area (Å²) in [6.45, 7) is 8.52. The van der Waals surface area contributed by atoms with Crippen LogP contribution in [0.1, 0.15) is 27.2 Å². The van der Waals surface area contributed by atoms with Crippen LogP contribution in [0.25, 0.3) is 0 Å². The van der Waals surface area contributed by atoms with Crippen LogP contribution in [0.5, 0.6) is 0 Å². The van der Waals surface area contributed by atoms with Gasteiger partial charge in [-0.1, -0.05) is 6.92 Å². The molecule has 0 aromatic heterocycles. The van der Waals surface area contributed by atoms with E-state index in [4.69, 9.17) is 5.73 Å². The fourth-order valence-corrected chi connectivity index (χ4v) is 2.34. The number of urea groups is 1. The van der Waals surface area contributed by atoms with E-state index in [2.05, 4.69) is 22.5 Å². The monoisotopic (exact) mass is 270 g/mol. The van der Waals surface area contributed by atoms with Gasteiger partial charge in [-0.25, -0.2) is 4.79 Å². The molecule has 0 spiro atoms. The number of likely N-dealkylation sites (tertiary alicyclic amines) is 1. The second kappa shape index (κ2) is 7.45. The topological polar surface area (TPSA) is 87.5 Å². The molecular formula is C13H26N4O2. The summed E-state index contributed by atoms with van der Waals surface area (Å²) >= 11 is 0. The van der Waals surface area contributed by atoms with Gasteiger partial charge in [-0.2, -0.15) is 0 Å². The van der Waals surface area contributed by atoms with E-state index in [1.807, 2.05) is 13.8 Å². The van der Waals surface area contributed by atoms with Crippen molar-refractivity contribution in [3.63, 3.8) is 0 Å². The molecule has 1 aliphatic heterocycles. The maximum absolute atomic E-state index is 11.7. The molecule has 19 heavy (non-hydrogen) atoms. The normalized spacial score (nSPS) is 24.3. The Hall–Kier alpha value is -1.14. The van der Waals surface area contributed by atoms with Crippen LogP contribution in [0.4, 0.5) is 4.79 Å². The molecule has 2 unspecified atom stereocenters. The molecule has 1 saturated heterocycles. The van der Waals surface area contributed by atoms with E-state index in [9.17, 15) is 9.59 Å². The van der Waals surface area contributed by atoms with Gasteiger partial charge in [-0.05, 0) is 45.2 Å². The second-order valence-electron chi connectivity index (χ2n) is 5.67. The lowest BCUT2D eigenvalue weighted by Gasteiger charge is -2.36. The van der Waals surface area contributed by atoms with E-state index in [-0.39, 0.29) is 18.5 Å². The summed E-state index contributed by atoms with van der Waals surface area (Å²) in [6.07, 6.45) is 1.05. The number of imide groups is 1. The standard InChI is InChI=1S/C13H26N4O2/c1-9(2)15-13(19)16-12(18)8-17-5-4-10(3)11(6-14)7-17/h9-11H,4-8,14H2,1-3H3,(H2,15,16,18,19). The van der Waals surface area contributed by atoms with Crippen LogP contribution in [0, 0.1) is 11.8 Å². The third-order valence-corrected chi connectivity index (χ3v) is 3.54. The van der Waals surface area contributed by atoms with Crippen molar-refractivity contribution >= 4 is 11.9 Å². The second-order valence-corrected chi connectivity index (χ2v) is 5.67. The van der Waals surface area contributed by atoms with E-state index in [1.165, 1.54) is 0 Å². The smallest absolute Gasteiger partial charge is 0.321 e. The van der Waals surface area contributed by atoms with Gasteiger partial charge in [-0.3, -0.25) is 15.0 Å². The average molecular weight is 270 g/mol. The molecule has 0 radical (unpaired) electrons. The minimum Gasteiger partial charge on any atom is -0.336 e. The maximum Gasteiger partial charge on any atom is 0.321 e. The van der Waals surface area contributed by atoms with E-state index in [1.54, 1.807) is 0 Å². The van der Waals surface area contributed by atoms with Crippen molar-refractivity contribution in [2.75, 3.05) is 26.2 Å². The van der Waals surface area contributed by atoms with E-state index in [0.29, 0.717) is 18.4 Å². The maximum atomic E-state index is 11.7. The predicted molar refractivity (Wildman–Crippen MR) is 74.6 cm³/mol.